The Bertz CT molecular complexity index is 950. The topological polar surface area (TPSA) is 66.4 Å². The van der Waals surface area contributed by atoms with Crippen LogP contribution in [0.15, 0.2) is 54.6 Å². The normalized spacial score (nSPS) is 12.0. The number of carbonyl (C=O) groups excluding carboxylic acids is 1. The SMILES string of the molecule is CC(=O)c1cc(Cc2ccc(NS(=O)O)cc2)c(-c2ccc(F)cc2)s1. The van der Waals surface area contributed by atoms with E-state index in [1.165, 1.54) is 30.4 Å². The van der Waals surface area contributed by atoms with E-state index < -0.39 is 11.3 Å². The molecule has 0 aliphatic rings. The maximum Gasteiger partial charge on any atom is 0.259 e. The van der Waals surface area contributed by atoms with Crippen LogP contribution in [-0.4, -0.2) is 14.5 Å². The molecule has 3 rings (SSSR count). The van der Waals surface area contributed by atoms with Crippen LogP contribution in [0.3, 0.4) is 0 Å². The van der Waals surface area contributed by atoms with E-state index in [1.807, 2.05) is 18.2 Å². The lowest BCUT2D eigenvalue weighted by Crippen LogP contribution is -2.01. The molecule has 0 amide bonds. The highest BCUT2D eigenvalue weighted by molar-refractivity contribution is 7.80. The van der Waals surface area contributed by atoms with Crippen LogP contribution >= 0.6 is 11.3 Å². The van der Waals surface area contributed by atoms with Crippen molar-refractivity contribution in [3.63, 3.8) is 0 Å². The van der Waals surface area contributed by atoms with Crippen LogP contribution in [0.5, 0.6) is 0 Å². The summed E-state index contributed by atoms with van der Waals surface area (Å²) in [6.07, 6.45) is 0.596. The van der Waals surface area contributed by atoms with E-state index in [-0.39, 0.29) is 11.6 Å². The summed E-state index contributed by atoms with van der Waals surface area (Å²) in [5, 5.41) is 0. The average Bonchev–Trinajstić information content (AvgIpc) is 3.01. The Morgan fingerprint density at radius 1 is 1.15 bits per heavy atom. The number of Topliss-reactive ketones (excluding diaryl/α,β-unsaturated/α-hetero) is 1. The molecule has 1 heterocycles. The van der Waals surface area contributed by atoms with E-state index >= 15 is 0 Å². The summed E-state index contributed by atoms with van der Waals surface area (Å²) in [6.45, 7) is 1.53. The number of anilines is 1. The number of carbonyl (C=O) groups is 1. The van der Waals surface area contributed by atoms with Gasteiger partial charge in [-0.3, -0.25) is 14.1 Å². The highest BCUT2D eigenvalue weighted by atomic mass is 32.2. The number of rotatable bonds is 6. The van der Waals surface area contributed by atoms with Crippen molar-refractivity contribution in [3.05, 3.63) is 76.4 Å². The van der Waals surface area contributed by atoms with Crippen molar-refractivity contribution in [1.82, 2.24) is 0 Å². The van der Waals surface area contributed by atoms with Gasteiger partial charge < -0.3 is 0 Å². The fraction of sp³-hybridized carbons (Fsp3) is 0.105. The third kappa shape index (κ3) is 4.43. The molecule has 4 nitrogen and oxygen atoms in total. The average molecular weight is 389 g/mol. The van der Waals surface area contributed by atoms with Crippen LogP contribution < -0.4 is 4.72 Å². The maximum atomic E-state index is 13.2. The van der Waals surface area contributed by atoms with E-state index in [0.717, 1.165) is 21.6 Å². The first kappa shape index (κ1) is 18.4. The van der Waals surface area contributed by atoms with Gasteiger partial charge in [0.1, 0.15) is 5.82 Å². The predicted molar refractivity (Wildman–Crippen MR) is 103 cm³/mol. The van der Waals surface area contributed by atoms with E-state index in [4.69, 9.17) is 4.55 Å². The largest absolute Gasteiger partial charge is 0.294 e. The molecule has 0 saturated heterocycles. The number of hydrogen-bond acceptors (Lipinski definition) is 3. The van der Waals surface area contributed by atoms with Crippen molar-refractivity contribution >= 4 is 34.1 Å². The Balaban J connectivity index is 1.92. The molecular weight excluding hydrogens is 373 g/mol. The first-order valence-electron chi connectivity index (χ1n) is 7.78. The molecule has 0 aliphatic carbocycles. The van der Waals surface area contributed by atoms with Gasteiger partial charge in [0.2, 0.25) is 0 Å². The molecule has 134 valence electrons. The van der Waals surface area contributed by atoms with Gasteiger partial charge in [0.05, 0.1) is 4.88 Å². The zero-order chi connectivity index (χ0) is 18.7. The van der Waals surface area contributed by atoms with Crippen molar-refractivity contribution in [1.29, 1.82) is 0 Å². The van der Waals surface area contributed by atoms with Crippen LogP contribution in [0.1, 0.15) is 27.7 Å². The summed E-state index contributed by atoms with van der Waals surface area (Å²) < 4.78 is 35.3. The minimum absolute atomic E-state index is 0.00501. The fourth-order valence-corrected chi connectivity index (χ4v) is 4.01. The second kappa shape index (κ2) is 7.90. The van der Waals surface area contributed by atoms with Gasteiger partial charge in [0, 0.05) is 10.6 Å². The number of ketones is 1. The van der Waals surface area contributed by atoms with Gasteiger partial charge in [-0.05, 0) is 60.4 Å². The first-order chi connectivity index (χ1) is 12.4. The van der Waals surface area contributed by atoms with Crippen molar-refractivity contribution < 1.29 is 17.9 Å². The van der Waals surface area contributed by atoms with Crippen molar-refractivity contribution in [2.45, 2.75) is 13.3 Å². The van der Waals surface area contributed by atoms with E-state index in [0.29, 0.717) is 17.0 Å². The van der Waals surface area contributed by atoms with Crippen molar-refractivity contribution in [2.24, 2.45) is 0 Å². The van der Waals surface area contributed by atoms with Gasteiger partial charge in [-0.1, -0.05) is 24.3 Å². The van der Waals surface area contributed by atoms with Gasteiger partial charge in [0.25, 0.3) is 11.3 Å². The van der Waals surface area contributed by atoms with Crippen LogP contribution in [-0.2, 0) is 17.7 Å². The molecule has 1 aromatic heterocycles. The monoisotopic (exact) mass is 389 g/mol. The molecule has 26 heavy (non-hydrogen) atoms. The Morgan fingerprint density at radius 2 is 1.81 bits per heavy atom. The standard InChI is InChI=1S/C19H16FNO3S2/c1-12(22)18-11-15(19(25-18)14-4-6-16(20)7-5-14)10-13-2-8-17(9-3-13)21-26(23)24/h2-9,11,21H,10H2,1H3,(H,23,24). The molecule has 0 saturated carbocycles. The molecule has 0 bridgehead atoms. The minimum atomic E-state index is -2.11. The quantitative estimate of drug-likeness (QED) is 0.466. The number of hydrogen-bond donors (Lipinski definition) is 2. The summed E-state index contributed by atoms with van der Waals surface area (Å²) in [7, 11) is 0. The summed E-state index contributed by atoms with van der Waals surface area (Å²) >= 11 is -0.710. The molecule has 2 aromatic carbocycles. The zero-order valence-electron chi connectivity index (χ0n) is 13.9. The number of nitrogens with one attached hydrogen (secondary N) is 1. The Kier molecular flexibility index (Phi) is 5.61. The van der Waals surface area contributed by atoms with Crippen LogP contribution in [0.4, 0.5) is 10.1 Å². The van der Waals surface area contributed by atoms with Gasteiger partial charge in [-0.25, -0.2) is 8.60 Å². The second-order valence-corrected chi connectivity index (χ2v) is 7.51. The lowest BCUT2D eigenvalue weighted by Gasteiger charge is -2.06. The van der Waals surface area contributed by atoms with Crippen molar-refractivity contribution in [3.8, 4) is 10.4 Å². The predicted octanol–water partition coefficient (Wildman–Crippen LogP) is 4.90. The molecular formula is C19H16FNO3S2. The zero-order valence-corrected chi connectivity index (χ0v) is 15.5. The lowest BCUT2D eigenvalue weighted by atomic mass is 10.0. The molecule has 0 aliphatic heterocycles. The lowest BCUT2D eigenvalue weighted by molar-refractivity contribution is 0.102. The molecule has 7 heteroatoms. The van der Waals surface area contributed by atoms with Gasteiger partial charge >= 0.3 is 0 Å². The Hall–Kier alpha value is -2.35. The van der Waals surface area contributed by atoms with E-state index in [1.54, 1.807) is 24.3 Å². The summed E-state index contributed by atoms with van der Waals surface area (Å²) in [4.78, 5) is 13.4. The molecule has 1 atom stereocenters. The summed E-state index contributed by atoms with van der Waals surface area (Å²) in [5.41, 5.74) is 3.39. The number of thiophene rings is 1. The molecule has 1 unspecified atom stereocenters. The Labute approximate surface area is 157 Å². The molecule has 0 spiro atoms. The first-order valence-corrected chi connectivity index (χ1v) is 9.71. The van der Waals surface area contributed by atoms with Gasteiger partial charge in [-0.15, -0.1) is 11.3 Å². The fourth-order valence-electron chi connectivity index (χ4n) is 2.59. The highest BCUT2D eigenvalue weighted by Crippen LogP contribution is 2.34. The van der Waals surface area contributed by atoms with Crippen LogP contribution in [0.25, 0.3) is 10.4 Å². The molecule has 0 radical (unpaired) electrons. The maximum absolute atomic E-state index is 13.2. The number of benzene rings is 2. The summed E-state index contributed by atoms with van der Waals surface area (Å²) in [5.74, 6) is -0.308. The van der Waals surface area contributed by atoms with Gasteiger partial charge in [-0.2, -0.15) is 0 Å². The third-order valence-corrected chi connectivity index (χ3v) is 5.55. The minimum Gasteiger partial charge on any atom is -0.294 e. The van der Waals surface area contributed by atoms with Crippen LogP contribution in [0.2, 0.25) is 0 Å². The van der Waals surface area contributed by atoms with Crippen molar-refractivity contribution in [2.75, 3.05) is 4.72 Å². The summed E-state index contributed by atoms with van der Waals surface area (Å²) in [6, 6.07) is 15.3. The molecule has 3 aromatic rings. The molecule has 0 fully saturated rings. The number of halogens is 1. The Morgan fingerprint density at radius 3 is 2.38 bits per heavy atom. The molecule has 2 N–H and O–H groups in total. The van der Waals surface area contributed by atoms with E-state index in [2.05, 4.69) is 4.72 Å². The van der Waals surface area contributed by atoms with E-state index in [9.17, 15) is 13.4 Å². The smallest absolute Gasteiger partial charge is 0.259 e. The van der Waals surface area contributed by atoms with Crippen LogP contribution in [0, 0.1) is 5.82 Å². The highest BCUT2D eigenvalue weighted by Gasteiger charge is 2.14. The van der Waals surface area contributed by atoms with Gasteiger partial charge in [0.15, 0.2) is 5.78 Å². The third-order valence-electron chi connectivity index (χ3n) is 3.82. The second-order valence-electron chi connectivity index (χ2n) is 5.75.